The molecule has 0 aliphatic heterocycles. The van der Waals surface area contributed by atoms with Crippen LogP contribution in [0.3, 0.4) is 0 Å². The number of ether oxygens (including phenoxy) is 2. The largest absolute Gasteiger partial charge is 0.469 e. The second kappa shape index (κ2) is 41.1. The highest BCUT2D eigenvalue weighted by atomic mass is 31.2. The van der Waals surface area contributed by atoms with E-state index < -0.39 is 32.5 Å². The van der Waals surface area contributed by atoms with Crippen molar-refractivity contribution in [3.8, 4) is 0 Å². The minimum absolute atomic E-state index is 0.190. The number of allylic oxidation sites excluding steroid dienone is 12. The molecule has 8 nitrogen and oxygen atoms in total. The van der Waals surface area contributed by atoms with Crippen LogP contribution in [-0.2, 0) is 28.2 Å². The van der Waals surface area contributed by atoms with E-state index in [9.17, 15) is 14.2 Å². The first kappa shape index (κ1) is 52.5. The van der Waals surface area contributed by atoms with Gasteiger partial charge in [0.1, 0.15) is 6.61 Å². The van der Waals surface area contributed by atoms with Crippen LogP contribution >= 0.6 is 7.82 Å². The molecule has 0 aliphatic rings. The zero-order chi connectivity index (χ0) is 40.3. The van der Waals surface area contributed by atoms with Crippen molar-refractivity contribution in [2.75, 3.05) is 13.2 Å². The number of phosphoric ester groups is 1. The van der Waals surface area contributed by atoms with Gasteiger partial charge >= 0.3 is 19.8 Å². The number of carbonyl (C=O) groups is 2. The van der Waals surface area contributed by atoms with Crippen LogP contribution < -0.4 is 0 Å². The van der Waals surface area contributed by atoms with Gasteiger partial charge in [0.05, 0.1) is 6.61 Å². The monoisotopic (exact) mass is 791 g/mol. The van der Waals surface area contributed by atoms with Gasteiger partial charge in [0.2, 0.25) is 0 Å². The van der Waals surface area contributed by atoms with Crippen LogP contribution in [0.4, 0.5) is 0 Å². The quantitative estimate of drug-likeness (QED) is 0.0273. The third kappa shape index (κ3) is 44.1. The van der Waals surface area contributed by atoms with Crippen LogP contribution in [0.2, 0.25) is 0 Å². The Morgan fingerprint density at radius 2 is 0.873 bits per heavy atom. The minimum atomic E-state index is -4.77. The molecule has 0 radical (unpaired) electrons. The first-order valence-corrected chi connectivity index (χ1v) is 23.3. The summed E-state index contributed by atoms with van der Waals surface area (Å²) in [7, 11) is -4.77. The second-order valence-electron chi connectivity index (χ2n) is 14.3. The van der Waals surface area contributed by atoms with Gasteiger partial charge in [0.25, 0.3) is 0 Å². The van der Waals surface area contributed by atoms with Crippen LogP contribution in [0.1, 0.15) is 187 Å². The number of hydrogen-bond acceptors (Lipinski definition) is 6. The second-order valence-corrected chi connectivity index (χ2v) is 15.5. The van der Waals surface area contributed by atoms with Gasteiger partial charge < -0.3 is 19.3 Å². The zero-order valence-corrected chi connectivity index (χ0v) is 35.7. The highest BCUT2D eigenvalue weighted by molar-refractivity contribution is 7.46. The summed E-state index contributed by atoms with van der Waals surface area (Å²) in [4.78, 5) is 42.9. The van der Waals surface area contributed by atoms with E-state index in [0.29, 0.717) is 12.8 Å². The molecule has 0 aromatic heterocycles. The number of hydrogen-bond donors (Lipinski definition) is 2. The topological polar surface area (TPSA) is 119 Å². The normalized spacial score (nSPS) is 13.2. The number of carbonyl (C=O) groups excluding carboxylic acids is 2. The Bertz CT molecular complexity index is 1120. The molecule has 0 fully saturated rings. The van der Waals surface area contributed by atoms with Crippen molar-refractivity contribution >= 4 is 19.8 Å². The summed E-state index contributed by atoms with van der Waals surface area (Å²) >= 11 is 0. The van der Waals surface area contributed by atoms with E-state index in [0.717, 1.165) is 96.3 Å². The summed E-state index contributed by atoms with van der Waals surface area (Å²) in [6.45, 7) is 3.54. The summed E-state index contributed by atoms with van der Waals surface area (Å²) in [6.07, 6.45) is 53.3. The molecule has 9 heteroatoms. The Hall–Kier alpha value is -2.51. The number of phosphoric acid groups is 1. The molecular formula is C46H79O8P. The lowest BCUT2D eigenvalue weighted by atomic mass is 10.1. The molecule has 55 heavy (non-hydrogen) atoms. The molecule has 0 aromatic rings. The molecule has 0 spiro atoms. The van der Waals surface area contributed by atoms with E-state index in [1.54, 1.807) is 0 Å². The SMILES string of the molecule is CC/C=C\C/C=C\C/C=C\C/C=C\CCCCCCCCC(=O)OC(COC(=O)CCCCCCCCC/C=C\C/C=C\CCCCCC)COP(=O)(O)O. The van der Waals surface area contributed by atoms with Crippen molar-refractivity contribution in [1.82, 2.24) is 0 Å². The first-order valence-electron chi connectivity index (χ1n) is 21.7. The Kier molecular flexibility index (Phi) is 39.3. The average molecular weight is 791 g/mol. The summed E-state index contributed by atoms with van der Waals surface area (Å²) in [6, 6.07) is 0. The van der Waals surface area contributed by atoms with Gasteiger partial charge in [-0.25, -0.2) is 4.57 Å². The molecule has 0 aromatic carbocycles. The fraction of sp³-hybridized carbons (Fsp3) is 0.696. The van der Waals surface area contributed by atoms with Crippen LogP contribution in [0, 0.1) is 0 Å². The van der Waals surface area contributed by atoms with Crippen LogP contribution in [0.25, 0.3) is 0 Å². The predicted octanol–water partition coefficient (Wildman–Crippen LogP) is 13.5. The average Bonchev–Trinajstić information content (AvgIpc) is 3.16. The number of unbranched alkanes of at least 4 members (excludes halogenated alkanes) is 17. The fourth-order valence-corrected chi connectivity index (χ4v) is 6.11. The third-order valence-electron chi connectivity index (χ3n) is 8.96. The smallest absolute Gasteiger partial charge is 0.462 e. The molecular weight excluding hydrogens is 711 g/mol. The highest BCUT2D eigenvalue weighted by Gasteiger charge is 2.22. The molecule has 316 valence electrons. The predicted molar refractivity (Wildman–Crippen MR) is 230 cm³/mol. The summed E-state index contributed by atoms with van der Waals surface area (Å²) in [5.41, 5.74) is 0. The first-order chi connectivity index (χ1) is 26.8. The molecule has 0 aliphatic carbocycles. The molecule has 0 rings (SSSR count). The van der Waals surface area contributed by atoms with Crippen molar-refractivity contribution in [3.63, 3.8) is 0 Å². The maximum Gasteiger partial charge on any atom is 0.469 e. The van der Waals surface area contributed by atoms with E-state index in [2.05, 4.69) is 91.3 Å². The number of rotatable bonds is 39. The molecule has 1 unspecified atom stereocenters. The van der Waals surface area contributed by atoms with Gasteiger partial charge in [-0.1, -0.05) is 164 Å². The van der Waals surface area contributed by atoms with Crippen LogP contribution in [-0.4, -0.2) is 41.0 Å². The molecule has 1 atom stereocenters. The van der Waals surface area contributed by atoms with E-state index in [1.165, 1.54) is 51.4 Å². The Balaban J connectivity index is 3.96. The van der Waals surface area contributed by atoms with E-state index in [1.807, 2.05) is 0 Å². The summed E-state index contributed by atoms with van der Waals surface area (Å²) in [5, 5.41) is 0. The molecule has 2 N–H and O–H groups in total. The zero-order valence-electron chi connectivity index (χ0n) is 34.8. The molecule has 0 saturated carbocycles. The Morgan fingerprint density at radius 3 is 1.31 bits per heavy atom. The minimum Gasteiger partial charge on any atom is -0.462 e. The maximum absolute atomic E-state index is 12.4. The van der Waals surface area contributed by atoms with Gasteiger partial charge in [-0.3, -0.25) is 14.1 Å². The summed E-state index contributed by atoms with van der Waals surface area (Å²) < 4.78 is 26.4. The van der Waals surface area contributed by atoms with Crippen LogP contribution in [0.15, 0.2) is 72.9 Å². The lowest BCUT2D eigenvalue weighted by Crippen LogP contribution is -2.29. The van der Waals surface area contributed by atoms with Gasteiger partial charge in [-0.15, -0.1) is 0 Å². The van der Waals surface area contributed by atoms with Gasteiger partial charge in [0, 0.05) is 12.8 Å². The molecule has 0 heterocycles. The van der Waals surface area contributed by atoms with Crippen LogP contribution in [0.5, 0.6) is 0 Å². The van der Waals surface area contributed by atoms with Crippen molar-refractivity contribution in [2.45, 2.75) is 193 Å². The van der Waals surface area contributed by atoms with Crippen molar-refractivity contribution in [3.05, 3.63) is 72.9 Å². The van der Waals surface area contributed by atoms with E-state index >= 15 is 0 Å². The Morgan fingerprint density at radius 1 is 0.491 bits per heavy atom. The summed E-state index contributed by atoms with van der Waals surface area (Å²) in [5.74, 6) is -0.913. The Labute approximate surface area is 336 Å². The van der Waals surface area contributed by atoms with Crippen molar-refractivity contribution in [2.24, 2.45) is 0 Å². The lowest BCUT2D eigenvalue weighted by molar-refractivity contribution is -0.161. The molecule has 0 amide bonds. The van der Waals surface area contributed by atoms with Gasteiger partial charge in [-0.2, -0.15) is 0 Å². The molecule has 0 bridgehead atoms. The molecule has 0 saturated heterocycles. The fourth-order valence-electron chi connectivity index (χ4n) is 5.75. The lowest BCUT2D eigenvalue weighted by Gasteiger charge is -2.18. The third-order valence-corrected chi connectivity index (χ3v) is 9.44. The van der Waals surface area contributed by atoms with Gasteiger partial charge in [-0.05, 0) is 83.5 Å². The highest BCUT2D eigenvalue weighted by Crippen LogP contribution is 2.36. The number of esters is 2. The van der Waals surface area contributed by atoms with Gasteiger partial charge in [0.15, 0.2) is 6.10 Å². The van der Waals surface area contributed by atoms with E-state index in [4.69, 9.17) is 19.3 Å². The van der Waals surface area contributed by atoms with Crippen molar-refractivity contribution in [1.29, 1.82) is 0 Å². The van der Waals surface area contributed by atoms with Crippen molar-refractivity contribution < 1.29 is 37.9 Å². The maximum atomic E-state index is 12.4. The standard InChI is InChI=1S/C46H79O8P/c1-3-5-7-9-11-13-15-17-19-21-23-25-27-29-31-33-35-37-39-41-46(48)54-44(43-53-55(49,50)51)42-52-45(47)40-38-36-34-32-30-28-26-24-22-20-18-16-14-12-10-8-6-4-2/h5,7,11,13-14,16-17,19-20,22-23,25,44H,3-4,6,8-10,12,15,18,21,24,26-43H2,1-2H3,(H2,49,50,51)/b7-5-,13-11-,16-14-,19-17-,22-20-,25-23-. The van der Waals surface area contributed by atoms with E-state index in [-0.39, 0.29) is 19.4 Å².